The Bertz CT molecular complexity index is 998. The number of H-pyrrole nitrogens is 1. The molecule has 19 heteroatoms. The number of ether oxygens (including phenoxy) is 1. The van der Waals surface area contributed by atoms with Crippen molar-refractivity contribution in [2.24, 2.45) is 5.92 Å². The van der Waals surface area contributed by atoms with Crippen LogP contribution in [0.5, 0.6) is 0 Å². The molecule has 0 spiro atoms. The number of nitrogens with zero attached hydrogens (tertiary/aromatic N) is 1. The van der Waals surface area contributed by atoms with Crippen molar-refractivity contribution in [2.45, 2.75) is 25.4 Å². The highest BCUT2D eigenvalue weighted by atomic mass is 31.3. The maximum absolute atomic E-state index is 11.8. The summed E-state index contributed by atoms with van der Waals surface area (Å²) in [5.74, 6) is -0.786. The molecule has 6 atom stereocenters. The fourth-order valence-electron chi connectivity index (χ4n) is 2.38. The molecule has 0 amide bonds. The minimum Gasteiger partial charge on any atom is -0.388 e. The van der Waals surface area contributed by atoms with Gasteiger partial charge in [-0.05, 0) is 0 Å². The average Bonchev–Trinajstić information content (AvgIpc) is 2.78. The van der Waals surface area contributed by atoms with E-state index in [2.05, 4.69) is 13.1 Å². The summed E-state index contributed by atoms with van der Waals surface area (Å²) in [6, 6.07) is 1.00. The number of nitrogens with one attached hydrogen (secondary N) is 1. The van der Waals surface area contributed by atoms with Crippen molar-refractivity contribution < 1.29 is 56.3 Å². The summed E-state index contributed by atoms with van der Waals surface area (Å²) in [5, 5.41) is 10.2. The zero-order valence-electron chi connectivity index (χ0n) is 14.4. The van der Waals surface area contributed by atoms with Crippen molar-refractivity contribution in [3.63, 3.8) is 0 Å². The molecule has 1 fully saturated rings. The Morgan fingerprint density at radius 2 is 1.76 bits per heavy atom. The summed E-state index contributed by atoms with van der Waals surface area (Å²) in [6.07, 6.45) is -2.66. The number of hydrogen-bond acceptors (Lipinski definition) is 10. The number of aromatic amines is 1. The van der Waals surface area contributed by atoms with Crippen molar-refractivity contribution in [3.05, 3.63) is 33.1 Å². The summed E-state index contributed by atoms with van der Waals surface area (Å²) in [6.45, 7) is 0.642. The van der Waals surface area contributed by atoms with Gasteiger partial charge in [0.15, 0.2) is 6.23 Å². The van der Waals surface area contributed by atoms with E-state index in [1.165, 1.54) is 6.92 Å². The Labute approximate surface area is 161 Å². The maximum atomic E-state index is 11.8. The Morgan fingerprint density at radius 1 is 1.14 bits per heavy atom. The van der Waals surface area contributed by atoms with Gasteiger partial charge in [0.1, 0.15) is 6.10 Å². The molecule has 1 aliphatic rings. The van der Waals surface area contributed by atoms with Gasteiger partial charge in [-0.1, -0.05) is 6.92 Å². The molecule has 0 saturated carbocycles. The van der Waals surface area contributed by atoms with Gasteiger partial charge in [0, 0.05) is 18.2 Å². The third-order valence-corrected chi connectivity index (χ3v) is 7.48. The Hall–Kier alpha value is -0.990. The van der Waals surface area contributed by atoms with Gasteiger partial charge in [0.05, 0.1) is 12.7 Å². The van der Waals surface area contributed by atoms with E-state index < -0.39 is 65.7 Å². The Balaban J connectivity index is 2.06. The molecule has 0 bridgehead atoms. The molecule has 1 aromatic heterocycles. The number of aliphatic hydroxyl groups is 1. The third-order valence-electron chi connectivity index (χ3n) is 3.67. The summed E-state index contributed by atoms with van der Waals surface area (Å²) in [5.41, 5.74) is -1.57. The number of rotatable bonds is 8. The van der Waals surface area contributed by atoms with E-state index in [4.69, 9.17) is 19.4 Å². The number of phosphoric acid groups is 3. The standard InChI is InChI=1S/C10H17N2O14P3/c1-5-6(4-23-28(19,20)26-29(21,22)25-27(16,17)18)24-9(8(5)14)12-3-2-7(13)11-10(12)15/h2-3,5-6,8-9,14H,4H2,1H3,(H,19,20)(H,21,22)(H,11,13,15)(H2,16,17,18)/t5-,6-,8-,9-/m1/s1. The van der Waals surface area contributed by atoms with Crippen LogP contribution in [0.1, 0.15) is 13.2 Å². The molecular formula is C10H17N2O14P3. The van der Waals surface area contributed by atoms with Crippen LogP contribution in [0.4, 0.5) is 0 Å². The normalized spacial score (nSPS) is 29.3. The maximum Gasteiger partial charge on any atom is 0.490 e. The van der Waals surface area contributed by atoms with Crippen LogP contribution >= 0.6 is 23.5 Å². The van der Waals surface area contributed by atoms with Gasteiger partial charge in [-0.15, -0.1) is 0 Å². The van der Waals surface area contributed by atoms with Crippen molar-refractivity contribution in [2.75, 3.05) is 6.61 Å². The number of phosphoric ester groups is 1. The van der Waals surface area contributed by atoms with Crippen LogP contribution in [0.3, 0.4) is 0 Å². The molecule has 2 rings (SSSR count). The highest BCUT2D eigenvalue weighted by Crippen LogP contribution is 2.66. The first-order valence-electron chi connectivity index (χ1n) is 7.53. The molecule has 6 N–H and O–H groups in total. The fourth-order valence-corrected chi connectivity index (χ4v) is 5.41. The van der Waals surface area contributed by atoms with Crippen molar-refractivity contribution >= 4 is 23.5 Å². The molecule has 0 aliphatic carbocycles. The van der Waals surface area contributed by atoms with Gasteiger partial charge in [-0.25, -0.2) is 18.5 Å². The van der Waals surface area contributed by atoms with Crippen molar-refractivity contribution in [1.29, 1.82) is 0 Å². The van der Waals surface area contributed by atoms with E-state index in [1.807, 2.05) is 4.98 Å². The zero-order valence-corrected chi connectivity index (χ0v) is 17.1. The van der Waals surface area contributed by atoms with Crippen molar-refractivity contribution in [1.82, 2.24) is 9.55 Å². The van der Waals surface area contributed by atoms with E-state index in [-0.39, 0.29) is 0 Å². The summed E-state index contributed by atoms with van der Waals surface area (Å²) in [7, 11) is -16.6. The lowest BCUT2D eigenvalue weighted by Crippen LogP contribution is -2.35. The molecule has 1 saturated heterocycles. The smallest absolute Gasteiger partial charge is 0.388 e. The van der Waals surface area contributed by atoms with Gasteiger partial charge in [-0.3, -0.25) is 18.9 Å². The lowest BCUT2D eigenvalue weighted by atomic mass is 10.0. The first kappa shape index (κ1) is 24.3. The Morgan fingerprint density at radius 3 is 2.31 bits per heavy atom. The molecule has 16 nitrogen and oxygen atoms in total. The van der Waals surface area contributed by atoms with Crippen LogP contribution in [-0.4, -0.2) is 53.0 Å². The van der Waals surface area contributed by atoms with E-state index in [1.54, 1.807) is 0 Å². The first-order chi connectivity index (χ1) is 13.1. The van der Waals surface area contributed by atoms with E-state index in [9.17, 15) is 33.3 Å². The molecule has 29 heavy (non-hydrogen) atoms. The number of aliphatic hydroxyl groups excluding tert-OH is 1. The molecule has 1 aliphatic heterocycles. The third kappa shape index (κ3) is 6.76. The van der Waals surface area contributed by atoms with Gasteiger partial charge < -0.3 is 29.4 Å². The predicted octanol–water partition coefficient (Wildman–Crippen LogP) is -1.23. The van der Waals surface area contributed by atoms with Crippen LogP contribution in [0.2, 0.25) is 0 Å². The zero-order chi connectivity index (χ0) is 22.2. The average molecular weight is 482 g/mol. The second-order valence-corrected chi connectivity index (χ2v) is 10.2. The Kier molecular flexibility index (Phi) is 7.23. The topological polar surface area (TPSA) is 244 Å². The van der Waals surface area contributed by atoms with Crippen molar-refractivity contribution in [3.8, 4) is 0 Å². The SMILES string of the molecule is C[C@H]1[C@@H](O)[C@H](n2ccc(=O)[nH]c2=O)O[C@@H]1COP(=O)(O)OP(=O)(O)OP(=O)(O)O. The molecular weight excluding hydrogens is 465 g/mol. The quantitative estimate of drug-likeness (QED) is 0.238. The van der Waals surface area contributed by atoms with E-state index in [0.717, 1.165) is 16.8 Å². The van der Waals surface area contributed by atoms with Crippen LogP contribution in [-0.2, 0) is 31.6 Å². The van der Waals surface area contributed by atoms with E-state index >= 15 is 0 Å². The highest BCUT2D eigenvalue weighted by molar-refractivity contribution is 7.66. The molecule has 0 aromatic carbocycles. The predicted molar refractivity (Wildman–Crippen MR) is 90.2 cm³/mol. The molecule has 2 unspecified atom stereocenters. The van der Waals surface area contributed by atoms with E-state index in [0.29, 0.717) is 0 Å². The highest BCUT2D eigenvalue weighted by Gasteiger charge is 2.45. The molecule has 0 radical (unpaired) electrons. The molecule has 1 aromatic rings. The largest absolute Gasteiger partial charge is 0.490 e. The van der Waals surface area contributed by atoms with Crippen LogP contribution in [0.15, 0.2) is 21.9 Å². The first-order valence-corrected chi connectivity index (χ1v) is 12.1. The van der Waals surface area contributed by atoms with Gasteiger partial charge in [0.2, 0.25) is 0 Å². The summed E-state index contributed by atoms with van der Waals surface area (Å²) in [4.78, 5) is 60.3. The van der Waals surface area contributed by atoms with Gasteiger partial charge >= 0.3 is 29.2 Å². The van der Waals surface area contributed by atoms with Gasteiger partial charge in [0.25, 0.3) is 5.56 Å². The second kappa shape index (κ2) is 8.63. The summed E-state index contributed by atoms with van der Waals surface area (Å²) >= 11 is 0. The number of hydrogen-bond donors (Lipinski definition) is 6. The van der Waals surface area contributed by atoms with Crippen LogP contribution in [0.25, 0.3) is 0 Å². The molecule has 166 valence electrons. The lowest BCUT2D eigenvalue weighted by Gasteiger charge is -2.19. The van der Waals surface area contributed by atoms with Crippen LogP contribution in [0, 0.1) is 5.92 Å². The minimum absolute atomic E-state index is 0.684. The van der Waals surface area contributed by atoms with Crippen LogP contribution < -0.4 is 11.2 Å². The number of aromatic nitrogens is 2. The summed E-state index contributed by atoms with van der Waals surface area (Å²) < 4.78 is 51.4. The second-order valence-electron chi connectivity index (χ2n) is 5.82. The fraction of sp³-hybridized carbons (Fsp3) is 0.600. The molecule has 2 heterocycles. The minimum atomic E-state index is -5.67. The van der Waals surface area contributed by atoms with Gasteiger partial charge in [-0.2, -0.15) is 8.62 Å². The lowest BCUT2D eigenvalue weighted by molar-refractivity contribution is -0.0528. The monoisotopic (exact) mass is 482 g/mol.